The number of hydrogen-bond acceptors (Lipinski definition) is 4. The summed E-state index contributed by atoms with van der Waals surface area (Å²) in [6.07, 6.45) is 0. The van der Waals surface area contributed by atoms with E-state index < -0.39 is 0 Å². The van der Waals surface area contributed by atoms with Crippen LogP contribution in [0.15, 0.2) is 52.7 Å². The number of benzene rings is 2. The van der Waals surface area contributed by atoms with Gasteiger partial charge >= 0.3 is 0 Å². The fraction of sp³-hybridized carbons (Fsp3) is 0.0769. The average molecular weight is 226 g/mol. The molecule has 17 heavy (non-hydrogen) atoms. The van der Waals surface area contributed by atoms with E-state index in [1.54, 1.807) is 12.1 Å². The van der Waals surface area contributed by atoms with E-state index in [1.807, 2.05) is 37.3 Å². The lowest BCUT2D eigenvalue weighted by molar-refractivity contribution is 1.21. The van der Waals surface area contributed by atoms with Crippen molar-refractivity contribution < 1.29 is 0 Å². The van der Waals surface area contributed by atoms with Crippen LogP contribution in [0, 0.1) is 6.92 Å². The minimum Gasteiger partial charge on any atom is -0.399 e. The lowest BCUT2D eigenvalue weighted by Gasteiger charge is -2.00. The molecule has 0 aromatic heterocycles. The Morgan fingerprint density at radius 3 is 2.12 bits per heavy atom. The van der Waals surface area contributed by atoms with E-state index in [1.165, 1.54) is 0 Å². The quantitative estimate of drug-likeness (QED) is 0.606. The highest BCUT2D eigenvalue weighted by Crippen LogP contribution is 2.23. The van der Waals surface area contributed by atoms with E-state index in [2.05, 4.69) is 10.2 Å². The maximum atomic E-state index is 5.67. The molecule has 0 radical (unpaired) electrons. The van der Waals surface area contributed by atoms with Crippen LogP contribution in [0.25, 0.3) is 0 Å². The van der Waals surface area contributed by atoms with E-state index in [0.29, 0.717) is 5.69 Å². The van der Waals surface area contributed by atoms with Gasteiger partial charge in [0.25, 0.3) is 0 Å². The normalized spacial score (nSPS) is 10.9. The topological polar surface area (TPSA) is 76.8 Å². The molecule has 4 heteroatoms. The highest BCUT2D eigenvalue weighted by Gasteiger charge is 1.96. The molecule has 2 aromatic carbocycles. The van der Waals surface area contributed by atoms with Gasteiger partial charge in [-0.2, -0.15) is 10.2 Å². The monoisotopic (exact) mass is 226 g/mol. The number of nitrogens with zero attached hydrogens (tertiary/aromatic N) is 2. The Morgan fingerprint density at radius 2 is 1.47 bits per heavy atom. The highest BCUT2D eigenvalue weighted by atomic mass is 15.1. The summed E-state index contributed by atoms with van der Waals surface area (Å²) in [5.41, 5.74) is 15.3. The number of rotatable bonds is 2. The Morgan fingerprint density at radius 1 is 0.824 bits per heavy atom. The van der Waals surface area contributed by atoms with Gasteiger partial charge in [-0.05, 0) is 55.0 Å². The number of nitrogen functional groups attached to an aromatic ring is 2. The zero-order chi connectivity index (χ0) is 12.3. The molecule has 0 fully saturated rings. The molecule has 4 nitrogen and oxygen atoms in total. The van der Waals surface area contributed by atoms with Gasteiger partial charge in [0.2, 0.25) is 0 Å². The van der Waals surface area contributed by atoms with Gasteiger partial charge in [0.1, 0.15) is 0 Å². The van der Waals surface area contributed by atoms with E-state index in [9.17, 15) is 0 Å². The van der Waals surface area contributed by atoms with Crippen molar-refractivity contribution in [3.63, 3.8) is 0 Å². The second kappa shape index (κ2) is 4.65. The molecule has 0 aliphatic heterocycles. The van der Waals surface area contributed by atoms with Gasteiger partial charge < -0.3 is 11.5 Å². The average Bonchev–Trinajstić information content (AvgIpc) is 2.30. The van der Waals surface area contributed by atoms with E-state index in [-0.39, 0.29) is 0 Å². The summed E-state index contributed by atoms with van der Waals surface area (Å²) in [6, 6.07) is 12.8. The van der Waals surface area contributed by atoms with E-state index in [4.69, 9.17) is 11.5 Å². The molecule has 2 rings (SSSR count). The van der Waals surface area contributed by atoms with E-state index >= 15 is 0 Å². The number of hydrogen-bond donors (Lipinski definition) is 2. The van der Waals surface area contributed by atoms with Crippen LogP contribution < -0.4 is 11.5 Å². The Hall–Kier alpha value is -2.36. The van der Waals surface area contributed by atoms with Crippen LogP contribution in [0.1, 0.15) is 5.56 Å². The SMILES string of the molecule is Cc1cc(N)ccc1N=Nc1ccc(N)cc1. The number of nitrogens with two attached hydrogens (primary N) is 2. The second-order valence-corrected chi connectivity index (χ2v) is 3.84. The number of azo groups is 1. The van der Waals surface area contributed by atoms with Crippen molar-refractivity contribution in [2.75, 3.05) is 11.5 Å². The molecule has 0 amide bonds. The maximum Gasteiger partial charge on any atom is 0.0887 e. The Labute approximate surface area is 100.0 Å². The lowest BCUT2D eigenvalue weighted by atomic mass is 10.2. The zero-order valence-electron chi connectivity index (χ0n) is 9.59. The molecule has 0 atom stereocenters. The second-order valence-electron chi connectivity index (χ2n) is 3.84. The number of anilines is 2. The van der Waals surface area contributed by atoms with Crippen molar-refractivity contribution in [1.82, 2.24) is 0 Å². The summed E-state index contributed by atoms with van der Waals surface area (Å²) < 4.78 is 0. The fourth-order valence-corrected chi connectivity index (χ4v) is 1.44. The first kappa shape index (κ1) is 11.1. The smallest absolute Gasteiger partial charge is 0.0887 e. The standard InChI is InChI=1S/C13H14N4/c1-9-8-11(15)4-7-13(9)17-16-12-5-2-10(14)3-6-12/h2-8H,14-15H2,1H3. The van der Waals surface area contributed by atoms with Crippen LogP contribution in [0.3, 0.4) is 0 Å². The predicted molar refractivity (Wildman–Crippen MR) is 70.6 cm³/mol. The maximum absolute atomic E-state index is 5.67. The first-order valence-electron chi connectivity index (χ1n) is 5.28. The van der Waals surface area contributed by atoms with Crippen LogP contribution in [0.2, 0.25) is 0 Å². The Bertz CT molecular complexity index is 544. The van der Waals surface area contributed by atoms with Gasteiger partial charge in [-0.25, -0.2) is 0 Å². The molecule has 0 unspecified atom stereocenters. The molecule has 0 saturated heterocycles. The summed E-state index contributed by atoms with van der Waals surface area (Å²) in [6.45, 7) is 1.95. The molecule has 0 bridgehead atoms. The van der Waals surface area contributed by atoms with Gasteiger partial charge in [0, 0.05) is 11.4 Å². The Balaban J connectivity index is 2.23. The number of aryl methyl sites for hydroxylation is 1. The largest absolute Gasteiger partial charge is 0.399 e. The van der Waals surface area contributed by atoms with Crippen LogP contribution >= 0.6 is 0 Å². The Kier molecular flexibility index (Phi) is 3.05. The van der Waals surface area contributed by atoms with Crippen molar-refractivity contribution in [2.24, 2.45) is 10.2 Å². The fourth-order valence-electron chi connectivity index (χ4n) is 1.44. The van der Waals surface area contributed by atoms with Crippen molar-refractivity contribution in [1.29, 1.82) is 0 Å². The van der Waals surface area contributed by atoms with Crippen molar-refractivity contribution in [3.05, 3.63) is 48.0 Å². The third-order valence-electron chi connectivity index (χ3n) is 2.39. The van der Waals surface area contributed by atoms with E-state index in [0.717, 1.165) is 22.6 Å². The van der Waals surface area contributed by atoms with Crippen molar-refractivity contribution >= 4 is 22.7 Å². The molecular weight excluding hydrogens is 212 g/mol. The molecule has 2 aromatic rings. The zero-order valence-corrected chi connectivity index (χ0v) is 9.59. The summed E-state index contributed by atoms with van der Waals surface area (Å²) in [5, 5.41) is 8.31. The van der Waals surface area contributed by atoms with Crippen LogP contribution in [0.4, 0.5) is 22.7 Å². The molecule has 86 valence electrons. The molecule has 0 heterocycles. The molecule has 0 spiro atoms. The van der Waals surface area contributed by atoms with Crippen molar-refractivity contribution in [3.8, 4) is 0 Å². The molecule has 0 aliphatic rings. The summed E-state index contributed by atoms with van der Waals surface area (Å²) >= 11 is 0. The van der Waals surface area contributed by atoms with Gasteiger partial charge in [0.15, 0.2) is 0 Å². The summed E-state index contributed by atoms with van der Waals surface area (Å²) in [4.78, 5) is 0. The third kappa shape index (κ3) is 2.81. The minimum absolute atomic E-state index is 0.715. The van der Waals surface area contributed by atoms with Crippen LogP contribution in [-0.2, 0) is 0 Å². The molecule has 4 N–H and O–H groups in total. The summed E-state index contributed by atoms with van der Waals surface area (Å²) in [7, 11) is 0. The van der Waals surface area contributed by atoms with Crippen LogP contribution in [0.5, 0.6) is 0 Å². The van der Waals surface area contributed by atoms with Crippen LogP contribution in [-0.4, -0.2) is 0 Å². The van der Waals surface area contributed by atoms with Gasteiger partial charge in [0.05, 0.1) is 11.4 Å². The highest BCUT2D eigenvalue weighted by molar-refractivity contribution is 5.54. The lowest BCUT2D eigenvalue weighted by Crippen LogP contribution is -1.84. The van der Waals surface area contributed by atoms with Gasteiger partial charge in [-0.3, -0.25) is 0 Å². The molecular formula is C13H14N4. The predicted octanol–water partition coefficient (Wildman–Crippen LogP) is 3.57. The molecule has 0 aliphatic carbocycles. The minimum atomic E-state index is 0.715. The van der Waals surface area contributed by atoms with Gasteiger partial charge in [-0.1, -0.05) is 0 Å². The summed E-state index contributed by atoms with van der Waals surface area (Å²) in [5.74, 6) is 0. The molecule has 0 saturated carbocycles. The van der Waals surface area contributed by atoms with Crippen molar-refractivity contribution in [2.45, 2.75) is 6.92 Å². The first-order chi connectivity index (χ1) is 8.15. The third-order valence-corrected chi connectivity index (χ3v) is 2.39. The van der Waals surface area contributed by atoms with Gasteiger partial charge in [-0.15, -0.1) is 0 Å². The first-order valence-corrected chi connectivity index (χ1v) is 5.28.